The maximum absolute atomic E-state index is 13.5. The van der Waals surface area contributed by atoms with Crippen LogP contribution in [-0.2, 0) is 9.59 Å². The second-order valence-electron chi connectivity index (χ2n) is 4.30. The number of nitrogens with one attached hydrogen (secondary N) is 2. The average molecular weight is 399 g/mol. The third-order valence-electron chi connectivity index (χ3n) is 2.67. The van der Waals surface area contributed by atoms with Gasteiger partial charge in [-0.25, -0.2) is 9.82 Å². The van der Waals surface area contributed by atoms with E-state index in [4.69, 9.17) is 11.6 Å². The van der Waals surface area contributed by atoms with Gasteiger partial charge in [0.05, 0.1) is 11.2 Å². The Morgan fingerprint density at radius 2 is 1.83 bits per heavy atom. The number of anilines is 1. The van der Waals surface area contributed by atoms with Crippen molar-refractivity contribution in [3.05, 3.63) is 63.3 Å². The number of hydrogen-bond acceptors (Lipinski definition) is 3. The van der Waals surface area contributed by atoms with Crippen molar-refractivity contribution in [3.8, 4) is 0 Å². The predicted octanol–water partition coefficient (Wildman–Crippen LogP) is 3.33. The molecule has 2 rings (SSSR count). The van der Waals surface area contributed by atoms with Crippen LogP contribution in [0.1, 0.15) is 5.56 Å². The van der Waals surface area contributed by atoms with Gasteiger partial charge in [0.1, 0.15) is 5.82 Å². The first-order valence-electron chi connectivity index (χ1n) is 6.31. The Morgan fingerprint density at radius 3 is 2.48 bits per heavy atom. The van der Waals surface area contributed by atoms with Crippen LogP contribution in [0.2, 0.25) is 5.02 Å². The molecule has 0 heterocycles. The van der Waals surface area contributed by atoms with Gasteiger partial charge in [0.25, 0.3) is 0 Å². The van der Waals surface area contributed by atoms with Gasteiger partial charge in [0, 0.05) is 15.7 Å². The molecule has 0 spiro atoms. The molecule has 0 bridgehead atoms. The number of carbonyl (C=O) groups is 2. The van der Waals surface area contributed by atoms with Crippen LogP contribution < -0.4 is 10.7 Å². The van der Waals surface area contributed by atoms with Crippen LogP contribution >= 0.6 is 27.5 Å². The number of benzene rings is 2. The summed E-state index contributed by atoms with van der Waals surface area (Å²) in [7, 11) is 0. The molecular formula is C15H10BrClFN3O2. The number of rotatable bonds is 3. The summed E-state index contributed by atoms with van der Waals surface area (Å²) in [6, 6.07) is 10.8. The van der Waals surface area contributed by atoms with Crippen LogP contribution in [0.15, 0.2) is 52.0 Å². The zero-order chi connectivity index (χ0) is 16.8. The largest absolute Gasteiger partial charge is 0.329 e. The molecule has 0 aliphatic heterocycles. The second kappa shape index (κ2) is 7.85. The lowest BCUT2D eigenvalue weighted by atomic mass is 10.2. The molecule has 5 nitrogen and oxygen atoms in total. The number of halogens is 3. The van der Waals surface area contributed by atoms with E-state index in [-0.39, 0.29) is 10.6 Å². The van der Waals surface area contributed by atoms with Crippen molar-refractivity contribution < 1.29 is 14.0 Å². The molecule has 0 atom stereocenters. The number of carbonyl (C=O) groups excluding carboxylic acids is 2. The summed E-state index contributed by atoms with van der Waals surface area (Å²) in [4.78, 5) is 23.3. The van der Waals surface area contributed by atoms with E-state index in [1.165, 1.54) is 18.2 Å². The van der Waals surface area contributed by atoms with Gasteiger partial charge in [-0.05, 0) is 36.4 Å². The molecule has 0 fully saturated rings. The van der Waals surface area contributed by atoms with Crippen molar-refractivity contribution in [2.45, 2.75) is 0 Å². The molecule has 23 heavy (non-hydrogen) atoms. The highest BCUT2D eigenvalue weighted by molar-refractivity contribution is 9.10. The smallest absolute Gasteiger partial charge is 0.318 e. The van der Waals surface area contributed by atoms with Gasteiger partial charge in [-0.3, -0.25) is 9.59 Å². The van der Waals surface area contributed by atoms with E-state index in [1.807, 2.05) is 5.43 Å². The molecule has 8 heteroatoms. The molecule has 2 N–H and O–H groups in total. The minimum Gasteiger partial charge on any atom is -0.318 e. The third kappa shape index (κ3) is 4.87. The van der Waals surface area contributed by atoms with E-state index in [0.29, 0.717) is 5.69 Å². The number of amides is 2. The minimum atomic E-state index is -0.989. The van der Waals surface area contributed by atoms with Crippen LogP contribution in [-0.4, -0.2) is 18.0 Å². The van der Waals surface area contributed by atoms with E-state index in [9.17, 15) is 14.0 Å². The Labute approximate surface area is 144 Å². The average Bonchev–Trinajstić information content (AvgIpc) is 2.52. The number of nitrogens with zero attached hydrogens (tertiary/aromatic N) is 1. The first kappa shape index (κ1) is 17.1. The standard InChI is InChI=1S/C15H10BrClFN3O2/c16-9-4-6-10(7-5-9)20-14(22)15(23)21-19-8-11-12(17)2-1-3-13(11)18/h1-8H,(H,20,22)(H,21,23). The Balaban J connectivity index is 1.95. The fourth-order valence-corrected chi connectivity index (χ4v) is 2.04. The molecule has 0 aliphatic carbocycles. The summed E-state index contributed by atoms with van der Waals surface area (Å²) < 4.78 is 14.3. The predicted molar refractivity (Wildman–Crippen MR) is 89.9 cm³/mol. The van der Waals surface area contributed by atoms with Crippen LogP contribution in [0.25, 0.3) is 0 Å². The van der Waals surface area contributed by atoms with E-state index in [1.54, 1.807) is 24.3 Å². The lowest BCUT2D eigenvalue weighted by Crippen LogP contribution is -2.32. The van der Waals surface area contributed by atoms with Crippen LogP contribution in [0.4, 0.5) is 10.1 Å². The molecular weight excluding hydrogens is 389 g/mol. The molecule has 0 aromatic heterocycles. The molecule has 0 radical (unpaired) electrons. The molecule has 2 aromatic carbocycles. The van der Waals surface area contributed by atoms with Gasteiger partial charge in [-0.2, -0.15) is 5.10 Å². The summed E-state index contributed by atoms with van der Waals surface area (Å²) in [6.07, 6.45) is 1.03. The van der Waals surface area contributed by atoms with Crippen molar-refractivity contribution in [2.75, 3.05) is 5.32 Å². The summed E-state index contributed by atoms with van der Waals surface area (Å²) in [5.41, 5.74) is 2.47. The van der Waals surface area contributed by atoms with Crippen LogP contribution in [0.3, 0.4) is 0 Å². The summed E-state index contributed by atoms with van der Waals surface area (Å²) in [5.74, 6) is -2.48. The van der Waals surface area contributed by atoms with E-state index < -0.39 is 17.6 Å². The van der Waals surface area contributed by atoms with E-state index in [0.717, 1.165) is 10.7 Å². The minimum absolute atomic E-state index is 0.0165. The van der Waals surface area contributed by atoms with Crippen molar-refractivity contribution in [1.29, 1.82) is 0 Å². The van der Waals surface area contributed by atoms with Gasteiger partial charge in [0.2, 0.25) is 0 Å². The first-order valence-corrected chi connectivity index (χ1v) is 7.48. The Hall–Kier alpha value is -2.25. The van der Waals surface area contributed by atoms with Crippen molar-refractivity contribution in [2.24, 2.45) is 5.10 Å². The molecule has 2 aromatic rings. The highest BCUT2D eigenvalue weighted by Crippen LogP contribution is 2.16. The maximum Gasteiger partial charge on any atom is 0.329 e. The fourth-order valence-electron chi connectivity index (χ4n) is 1.56. The highest BCUT2D eigenvalue weighted by Gasteiger charge is 2.13. The molecule has 0 unspecified atom stereocenters. The second-order valence-corrected chi connectivity index (χ2v) is 5.62. The Bertz CT molecular complexity index is 746. The molecule has 0 saturated carbocycles. The van der Waals surface area contributed by atoms with E-state index in [2.05, 4.69) is 26.3 Å². The summed E-state index contributed by atoms with van der Waals surface area (Å²) in [6.45, 7) is 0. The van der Waals surface area contributed by atoms with E-state index >= 15 is 0 Å². The quantitative estimate of drug-likeness (QED) is 0.473. The van der Waals surface area contributed by atoms with Gasteiger partial charge in [-0.1, -0.05) is 33.6 Å². The molecule has 2 amide bonds. The van der Waals surface area contributed by atoms with Crippen molar-refractivity contribution >= 4 is 51.2 Å². The fraction of sp³-hybridized carbons (Fsp3) is 0. The van der Waals surface area contributed by atoms with Gasteiger partial charge < -0.3 is 5.32 Å². The van der Waals surface area contributed by atoms with Gasteiger partial charge in [-0.15, -0.1) is 0 Å². The third-order valence-corrected chi connectivity index (χ3v) is 3.53. The summed E-state index contributed by atoms with van der Waals surface area (Å²) in [5, 5.41) is 6.06. The molecule has 118 valence electrons. The summed E-state index contributed by atoms with van der Waals surface area (Å²) >= 11 is 9.06. The van der Waals surface area contributed by atoms with Crippen molar-refractivity contribution in [1.82, 2.24) is 5.43 Å². The number of hydrogen-bond donors (Lipinski definition) is 2. The lowest BCUT2D eigenvalue weighted by molar-refractivity contribution is -0.136. The zero-order valence-electron chi connectivity index (χ0n) is 11.5. The van der Waals surface area contributed by atoms with Gasteiger partial charge >= 0.3 is 11.8 Å². The first-order chi connectivity index (χ1) is 11.0. The van der Waals surface area contributed by atoms with Gasteiger partial charge in [0.15, 0.2) is 0 Å². The highest BCUT2D eigenvalue weighted by atomic mass is 79.9. The Morgan fingerprint density at radius 1 is 1.13 bits per heavy atom. The number of hydrazone groups is 1. The lowest BCUT2D eigenvalue weighted by Gasteiger charge is -2.04. The van der Waals surface area contributed by atoms with Crippen LogP contribution in [0, 0.1) is 5.82 Å². The molecule has 0 saturated heterocycles. The zero-order valence-corrected chi connectivity index (χ0v) is 13.9. The Kier molecular flexibility index (Phi) is 5.84. The normalized spacial score (nSPS) is 10.6. The SMILES string of the molecule is O=C(NN=Cc1c(F)cccc1Cl)C(=O)Nc1ccc(Br)cc1. The van der Waals surface area contributed by atoms with Crippen molar-refractivity contribution in [3.63, 3.8) is 0 Å². The molecule has 0 aliphatic rings. The van der Waals surface area contributed by atoms with Crippen LogP contribution in [0.5, 0.6) is 0 Å². The maximum atomic E-state index is 13.5. The monoisotopic (exact) mass is 397 g/mol. The topological polar surface area (TPSA) is 70.6 Å².